The van der Waals surface area contributed by atoms with E-state index in [0.29, 0.717) is 0 Å². The lowest BCUT2D eigenvalue weighted by molar-refractivity contribution is -0.537. The number of aliphatic hydroxyl groups excluding tert-OH is 1. The molecule has 0 aliphatic heterocycles. The van der Waals surface area contributed by atoms with Crippen molar-refractivity contribution < 1.29 is 36.1 Å². The fourth-order valence-corrected chi connectivity index (χ4v) is 0.258. The maximum absolute atomic E-state index is 8.40. The first-order valence-electron chi connectivity index (χ1n) is 2.28. The standard InChI is InChI=1S/C2H8N2O7/c5-1(3(8)9)2(6,7)4(10)11/h1,5-11H. The first kappa shape index (κ1) is 10.6. The first-order valence-corrected chi connectivity index (χ1v) is 2.28. The van der Waals surface area contributed by atoms with Crippen LogP contribution in [0.3, 0.4) is 0 Å². The first-order chi connectivity index (χ1) is 4.80. The Kier molecular flexibility index (Phi) is 3.25. The summed E-state index contributed by atoms with van der Waals surface area (Å²) >= 11 is 0. The molecule has 0 saturated carbocycles. The van der Waals surface area contributed by atoms with E-state index in [1.807, 2.05) is 0 Å². The van der Waals surface area contributed by atoms with Crippen LogP contribution >= 0.6 is 0 Å². The predicted octanol–water partition coefficient (Wildman–Crippen LogP) is -2.90. The van der Waals surface area contributed by atoms with Crippen LogP contribution in [0.1, 0.15) is 0 Å². The molecule has 0 aromatic carbocycles. The Balaban J connectivity index is 4.29. The third kappa shape index (κ3) is 2.30. The van der Waals surface area contributed by atoms with Crippen LogP contribution in [0.5, 0.6) is 0 Å². The van der Waals surface area contributed by atoms with Crippen molar-refractivity contribution in [2.45, 2.75) is 12.1 Å². The zero-order valence-corrected chi connectivity index (χ0v) is 5.10. The minimum atomic E-state index is -3.59. The Morgan fingerprint density at radius 1 is 1.00 bits per heavy atom. The third-order valence-corrected chi connectivity index (χ3v) is 0.860. The average molecular weight is 172 g/mol. The molecule has 0 rings (SSSR count). The van der Waals surface area contributed by atoms with Crippen LogP contribution in [0, 0.1) is 0 Å². The lowest BCUT2D eigenvalue weighted by Crippen LogP contribution is -2.59. The average Bonchev–Trinajstić information content (AvgIpc) is 1.85. The van der Waals surface area contributed by atoms with E-state index >= 15 is 0 Å². The van der Waals surface area contributed by atoms with Gasteiger partial charge in [0.2, 0.25) is 6.23 Å². The molecule has 0 spiro atoms. The van der Waals surface area contributed by atoms with Gasteiger partial charge in [0.1, 0.15) is 0 Å². The van der Waals surface area contributed by atoms with Gasteiger partial charge in [-0.25, -0.2) is 0 Å². The van der Waals surface area contributed by atoms with Crippen LogP contribution in [-0.2, 0) is 0 Å². The summed E-state index contributed by atoms with van der Waals surface area (Å²) < 4.78 is 0. The minimum Gasteiger partial charge on any atom is -0.368 e. The molecule has 1 atom stereocenters. The van der Waals surface area contributed by atoms with Crippen molar-refractivity contribution in [2.24, 2.45) is 0 Å². The molecule has 1 unspecified atom stereocenters. The van der Waals surface area contributed by atoms with Gasteiger partial charge in [-0.05, 0) is 10.5 Å². The van der Waals surface area contributed by atoms with Crippen LogP contribution in [0.25, 0.3) is 0 Å². The van der Waals surface area contributed by atoms with E-state index in [1.54, 1.807) is 0 Å². The number of rotatable bonds is 3. The van der Waals surface area contributed by atoms with E-state index in [9.17, 15) is 0 Å². The van der Waals surface area contributed by atoms with Crippen molar-refractivity contribution in [3.05, 3.63) is 0 Å². The second-order valence-electron chi connectivity index (χ2n) is 1.67. The Morgan fingerprint density at radius 3 is 1.45 bits per heavy atom. The maximum Gasteiger partial charge on any atom is 0.317 e. The summed E-state index contributed by atoms with van der Waals surface area (Å²) in [6.45, 7) is 0. The molecule has 7 N–H and O–H groups in total. The van der Waals surface area contributed by atoms with Gasteiger partial charge in [0, 0.05) is 0 Å². The van der Waals surface area contributed by atoms with Crippen LogP contribution in [0.2, 0.25) is 0 Å². The summed E-state index contributed by atoms with van der Waals surface area (Å²) in [6.07, 6.45) is -2.71. The molecule has 0 amide bonds. The largest absolute Gasteiger partial charge is 0.368 e. The lowest BCUT2D eigenvalue weighted by Gasteiger charge is -2.30. The van der Waals surface area contributed by atoms with E-state index in [-0.39, 0.29) is 0 Å². The number of hydrogen-bond donors (Lipinski definition) is 7. The van der Waals surface area contributed by atoms with E-state index < -0.39 is 22.6 Å². The third-order valence-electron chi connectivity index (χ3n) is 0.860. The lowest BCUT2D eigenvalue weighted by atomic mass is 10.4. The molecule has 11 heavy (non-hydrogen) atoms. The van der Waals surface area contributed by atoms with Crippen LogP contribution < -0.4 is 0 Å². The Hall–Kier alpha value is -0.360. The van der Waals surface area contributed by atoms with Gasteiger partial charge in [0.25, 0.3) is 0 Å². The molecule has 0 radical (unpaired) electrons. The Labute approximate surface area is 60.0 Å². The predicted molar refractivity (Wildman–Crippen MR) is 24.0 cm³/mol. The van der Waals surface area contributed by atoms with E-state index in [0.717, 1.165) is 0 Å². The molecule has 68 valence electrons. The quantitative estimate of drug-likeness (QED) is 0.176. The molecule has 9 nitrogen and oxygen atoms in total. The second kappa shape index (κ2) is 3.36. The molecule has 0 bridgehead atoms. The van der Waals surface area contributed by atoms with E-state index in [1.165, 1.54) is 0 Å². The molecule has 0 aromatic heterocycles. The highest BCUT2D eigenvalue weighted by Gasteiger charge is 2.43. The molecular formula is C2H8N2O7. The van der Waals surface area contributed by atoms with Gasteiger partial charge >= 0.3 is 5.91 Å². The highest BCUT2D eigenvalue weighted by Crippen LogP contribution is 2.09. The normalized spacial score (nSPS) is 16.1. The van der Waals surface area contributed by atoms with Crippen molar-refractivity contribution in [3.63, 3.8) is 0 Å². The maximum atomic E-state index is 8.40. The van der Waals surface area contributed by atoms with Crippen LogP contribution in [0.15, 0.2) is 0 Å². The zero-order valence-electron chi connectivity index (χ0n) is 5.10. The van der Waals surface area contributed by atoms with E-state index in [4.69, 9.17) is 36.1 Å². The number of aliphatic hydroxyl groups is 3. The summed E-state index contributed by atoms with van der Waals surface area (Å²) in [5.74, 6) is -3.59. The molecule has 0 aliphatic carbocycles. The van der Waals surface area contributed by atoms with E-state index in [2.05, 4.69) is 0 Å². The summed E-state index contributed by atoms with van der Waals surface area (Å²) in [4.78, 5) is 0. The van der Waals surface area contributed by atoms with Crippen molar-refractivity contribution in [1.82, 2.24) is 10.5 Å². The minimum absolute atomic E-state index is 1.01. The fraction of sp³-hybridized carbons (Fsp3) is 1.00. The smallest absolute Gasteiger partial charge is 0.317 e. The highest BCUT2D eigenvalue weighted by atomic mass is 16.9. The van der Waals surface area contributed by atoms with Gasteiger partial charge in [-0.3, -0.25) is 20.8 Å². The van der Waals surface area contributed by atoms with Crippen molar-refractivity contribution >= 4 is 0 Å². The number of nitrogens with zero attached hydrogens (tertiary/aromatic N) is 2. The van der Waals surface area contributed by atoms with Crippen molar-refractivity contribution in [1.29, 1.82) is 0 Å². The molecule has 9 heteroatoms. The van der Waals surface area contributed by atoms with Gasteiger partial charge in [0.05, 0.1) is 0 Å². The summed E-state index contributed by atoms with van der Waals surface area (Å²) in [6, 6.07) is 0. The molecule has 0 fully saturated rings. The Bertz CT molecular complexity index is 124. The molecular weight excluding hydrogens is 164 g/mol. The molecule has 0 saturated heterocycles. The summed E-state index contributed by atoms with van der Waals surface area (Å²) in [7, 11) is 0. The van der Waals surface area contributed by atoms with Gasteiger partial charge < -0.3 is 15.3 Å². The zero-order chi connectivity index (χ0) is 9.23. The van der Waals surface area contributed by atoms with Gasteiger partial charge in [-0.15, -0.1) is 0 Å². The van der Waals surface area contributed by atoms with Crippen LogP contribution in [0.4, 0.5) is 0 Å². The summed E-state index contributed by atoms with van der Waals surface area (Å²) in [5, 5.41) is 54.9. The van der Waals surface area contributed by atoms with Gasteiger partial charge in [0.15, 0.2) is 0 Å². The monoisotopic (exact) mass is 172 g/mol. The van der Waals surface area contributed by atoms with Gasteiger partial charge in [-0.2, -0.15) is 0 Å². The Morgan fingerprint density at radius 2 is 1.36 bits per heavy atom. The second-order valence-corrected chi connectivity index (χ2v) is 1.67. The molecule has 0 aromatic rings. The SMILES string of the molecule is OC(N(O)O)C(O)(O)N(O)O. The number of hydroxylamine groups is 4. The fourth-order valence-electron chi connectivity index (χ4n) is 0.258. The van der Waals surface area contributed by atoms with Crippen molar-refractivity contribution in [2.75, 3.05) is 0 Å². The van der Waals surface area contributed by atoms with Gasteiger partial charge in [-0.1, -0.05) is 0 Å². The van der Waals surface area contributed by atoms with Crippen LogP contribution in [-0.4, -0.2) is 58.7 Å². The van der Waals surface area contributed by atoms with Crippen molar-refractivity contribution in [3.8, 4) is 0 Å². The highest BCUT2D eigenvalue weighted by molar-refractivity contribution is 4.59. The molecule has 0 heterocycles. The topological polar surface area (TPSA) is 148 Å². The summed E-state index contributed by atoms with van der Waals surface area (Å²) in [5.41, 5.74) is 0. The molecule has 0 aliphatic rings. The number of hydrogen-bond acceptors (Lipinski definition) is 9.